The molecule has 0 saturated carbocycles. The zero-order valence-corrected chi connectivity index (χ0v) is 14.0. The number of allylic oxidation sites excluding steroid dienone is 4. The van der Waals surface area contributed by atoms with Crippen LogP contribution in [-0.2, 0) is 17.1 Å². The van der Waals surface area contributed by atoms with Crippen molar-refractivity contribution in [3.05, 3.63) is 60.2 Å². The van der Waals surface area contributed by atoms with E-state index >= 15 is 0 Å². The van der Waals surface area contributed by atoms with E-state index < -0.39 is 7.81 Å². The smallest absolute Gasteiger partial charge is 0 e. The maximum absolute atomic E-state index is 10.7. The molecule has 0 unspecified atom stereocenters. The van der Waals surface area contributed by atoms with Crippen LogP contribution in [0.1, 0.15) is 31.7 Å². The van der Waals surface area contributed by atoms with Crippen LogP contribution >= 0.6 is 7.81 Å². The Hall–Kier alpha value is -0.771. The zero-order valence-electron chi connectivity index (χ0n) is 12.0. The summed E-state index contributed by atoms with van der Waals surface area (Å²) in [4.78, 5) is 0. The van der Waals surface area contributed by atoms with Crippen molar-refractivity contribution in [3.63, 3.8) is 0 Å². The maximum Gasteiger partial charge on any atom is 0 e. The SMILES string of the molecule is CC(C)c1ccccc1.F[P-](F)(F)(F)(F)F.[C-]1=CC=CC1.[Fe]. The van der Waals surface area contributed by atoms with E-state index in [0.29, 0.717) is 5.92 Å². The van der Waals surface area contributed by atoms with Gasteiger partial charge in [-0.05, 0) is 11.5 Å². The Morgan fingerprint density at radius 2 is 1.41 bits per heavy atom. The number of benzene rings is 1. The van der Waals surface area contributed by atoms with Crippen LogP contribution in [0, 0.1) is 6.08 Å². The molecule has 0 aliphatic heterocycles. The van der Waals surface area contributed by atoms with Gasteiger partial charge in [0.1, 0.15) is 0 Å². The van der Waals surface area contributed by atoms with Gasteiger partial charge >= 0.3 is 33.0 Å². The van der Waals surface area contributed by atoms with Crippen LogP contribution in [-0.4, -0.2) is 0 Å². The topological polar surface area (TPSA) is 0 Å². The Morgan fingerprint density at radius 3 is 1.59 bits per heavy atom. The Kier molecular flexibility index (Phi) is 8.74. The third-order valence-corrected chi connectivity index (χ3v) is 2.05. The number of hydrogen-bond acceptors (Lipinski definition) is 0. The van der Waals surface area contributed by atoms with Gasteiger partial charge in [-0.1, -0.05) is 44.2 Å². The molecule has 8 heteroatoms. The Balaban J connectivity index is 0. The molecule has 0 spiro atoms. The normalized spacial score (nSPS) is 15.5. The first-order chi connectivity index (χ1) is 9.25. The van der Waals surface area contributed by atoms with Gasteiger partial charge in [-0.15, -0.1) is 6.42 Å². The van der Waals surface area contributed by atoms with Crippen LogP contribution in [0.4, 0.5) is 25.2 Å². The molecule has 1 aromatic rings. The molecule has 1 aliphatic carbocycles. The van der Waals surface area contributed by atoms with Gasteiger partial charge in [0, 0.05) is 17.1 Å². The first-order valence-electron chi connectivity index (χ1n) is 6.09. The fourth-order valence-electron chi connectivity index (χ4n) is 1.18. The second-order valence-electron chi connectivity index (χ2n) is 4.53. The van der Waals surface area contributed by atoms with Gasteiger partial charge < -0.3 is 0 Å². The summed E-state index contributed by atoms with van der Waals surface area (Å²) < 4.78 is 59.2. The molecule has 2 rings (SSSR count). The molecule has 1 aliphatic rings. The third-order valence-electron chi connectivity index (χ3n) is 2.05. The van der Waals surface area contributed by atoms with E-state index in [9.17, 15) is 25.2 Å². The molecule has 0 radical (unpaired) electrons. The van der Waals surface area contributed by atoms with E-state index in [0.717, 1.165) is 6.42 Å². The number of rotatable bonds is 1. The van der Waals surface area contributed by atoms with Crippen molar-refractivity contribution in [2.24, 2.45) is 0 Å². The molecular formula is C14H17F6FeP-2. The standard InChI is InChI=1S/C9H12.C5H5.F6P.Fe/c1-8(2)9-6-4-3-5-7-9;1-2-4-5-3-1;1-7(2,3,4,5)6;/h3-8H,1-2H3;1-3H,4H2;;/q;2*-1;. The van der Waals surface area contributed by atoms with Gasteiger partial charge in [0.2, 0.25) is 0 Å². The van der Waals surface area contributed by atoms with Crippen LogP contribution < -0.4 is 0 Å². The van der Waals surface area contributed by atoms with Crippen molar-refractivity contribution in [2.45, 2.75) is 26.2 Å². The summed E-state index contributed by atoms with van der Waals surface area (Å²) in [5.41, 5.74) is 1.41. The molecule has 0 saturated heterocycles. The van der Waals surface area contributed by atoms with Gasteiger partial charge in [0.05, 0.1) is 0 Å². The van der Waals surface area contributed by atoms with Crippen molar-refractivity contribution in [1.82, 2.24) is 0 Å². The summed E-state index contributed by atoms with van der Waals surface area (Å²) >= 11 is 0. The van der Waals surface area contributed by atoms with Crippen LogP contribution in [0.2, 0.25) is 0 Å². The summed E-state index contributed by atoms with van der Waals surface area (Å²) in [5.74, 6) is 0.659. The molecule has 0 nitrogen and oxygen atoms in total. The molecule has 0 bridgehead atoms. The van der Waals surface area contributed by atoms with Crippen LogP contribution in [0.25, 0.3) is 0 Å². The van der Waals surface area contributed by atoms with Crippen molar-refractivity contribution >= 4 is 7.81 Å². The minimum Gasteiger partial charge on any atom is -0.273 e. The second-order valence-corrected chi connectivity index (χ2v) is 6.44. The van der Waals surface area contributed by atoms with Gasteiger partial charge in [-0.3, -0.25) is 6.08 Å². The Bertz CT molecular complexity index is 455. The summed E-state index contributed by atoms with van der Waals surface area (Å²) in [5, 5.41) is 0. The van der Waals surface area contributed by atoms with Crippen molar-refractivity contribution < 1.29 is 42.3 Å². The van der Waals surface area contributed by atoms with Gasteiger partial charge in [-0.2, -0.15) is 6.08 Å². The quantitative estimate of drug-likeness (QED) is 0.203. The van der Waals surface area contributed by atoms with E-state index in [1.165, 1.54) is 5.56 Å². The number of halogens is 6. The minimum absolute atomic E-state index is 0. The van der Waals surface area contributed by atoms with E-state index in [-0.39, 0.29) is 17.1 Å². The summed E-state index contributed by atoms with van der Waals surface area (Å²) in [6.45, 7) is 4.41. The average Bonchev–Trinajstić information content (AvgIpc) is 2.84. The van der Waals surface area contributed by atoms with Crippen LogP contribution in [0.15, 0.2) is 48.6 Å². The van der Waals surface area contributed by atoms with Crippen molar-refractivity contribution in [1.29, 1.82) is 0 Å². The summed E-state index contributed by atoms with van der Waals surface area (Å²) in [6.07, 6.45) is 10.0. The number of hydrogen-bond donors (Lipinski definition) is 0. The van der Waals surface area contributed by atoms with Crippen LogP contribution in [0.3, 0.4) is 0 Å². The second kappa shape index (κ2) is 8.19. The zero-order chi connectivity index (χ0) is 16.6. The molecule has 0 atom stereocenters. The minimum atomic E-state index is -10.7. The van der Waals surface area contributed by atoms with E-state index in [2.05, 4.69) is 50.3 Å². The largest absolute Gasteiger partial charge is 0.273 e. The van der Waals surface area contributed by atoms with Crippen LogP contribution in [0.5, 0.6) is 0 Å². The summed E-state index contributed by atoms with van der Waals surface area (Å²) in [7, 11) is -10.7. The fourth-order valence-corrected chi connectivity index (χ4v) is 1.18. The van der Waals surface area contributed by atoms with E-state index in [1.807, 2.05) is 18.2 Å². The molecule has 130 valence electrons. The predicted octanol–water partition coefficient (Wildman–Crippen LogP) is 7.50. The van der Waals surface area contributed by atoms with Crippen molar-refractivity contribution in [3.8, 4) is 0 Å². The summed E-state index contributed by atoms with van der Waals surface area (Å²) in [6, 6.07) is 10.5. The Labute approximate surface area is 137 Å². The maximum atomic E-state index is 9.87. The predicted molar refractivity (Wildman–Crippen MR) is 75.7 cm³/mol. The first-order valence-corrected chi connectivity index (χ1v) is 8.11. The van der Waals surface area contributed by atoms with E-state index in [1.54, 1.807) is 0 Å². The van der Waals surface area contributed by atoms with Gasteiger partial charge in [-0.25, -0.2) is 12.2 Å². The van der Waals surface area contributed by atoms with Gasteiger partial charge in [0.15, 0.2) is 0 Å². The molecule has 22 heavy (non-hydrogen) atoms. The molecule has 1 aromatic carbocycles. The van der Waals surface area contributed by atoms with E-state index in [4.69, 9.17) is 0 Å². The molecule has 0 N–H and O–H groups in total. The molecule has 0 amide bonds. The Morgan fingerprint density at radius 1 is 0.955 bits per heavy atom. The van der Waals surface area contributed by atoms with Gasteiger partial charge in [0.25, 0.3) is 0 Å². The third kappa shape index (κ3) is 24.3. The fraction of sp³-hybridized carbons (Fsp3) is 0.286. The molecular weight excluding hydrogens is 369 g/mol. The monoisotopic (exact) mass is 386 g/mol. The molecule has 0 aromatic heterocycles. The molecule has 0 fully saturated rings. The first kappa shape index (κ1) is 23.5. The molecule has 0 heterocycles. The van der Waals surface area contributed by atoms with Crippen molar-refractivity contribution in [2.75, 3.05) is 0 Å². The average molecular weight is 386 g/mol.